The molecule has 0 saturated heterocycles. The van der Waals surface area contributed by atoms with Crippen LogP contribution in [0.4, 0.5) is 14.5 Å². The van der Waals surface area contributed by atoms with Crippen LogP contribution in [0.1, 0.15) is 23.7 Å². The molecular formula is C17H19F2NO. The summed E-state index contributed by atoms with van der Waals surface area (Å²) in [7, 11) is 1.90. The maximum Gasteiger partial charge on any atom is 0.164 e. The fourth-order valence-electron chi connectivity index (χ4n) is 2.18. The lowest BCUT2D eigenvalue weighted by atomic mass is 10.1. The van der Waals surface area contributed by atoms with Crippen molar-refractivity contribution < 1.29 is 13.9 Å². The first-order valence-electron chi connectivity index (χ1n) is 6.89. The van der Waals surface area contributed by atoms with Gasteiger partial charge in [-0.05, 0) is 31.5 Å². The fourth-order valence-corrected chi connectivity index (χ4v) is 2.18. The first-order chi connectivity index (χ1) is 9.99. The van der Waals surface area contributed by atoms with Gasteiger partial charge in [0, 0.05) is 24.8 Å². The van der Waals surface area contributed by atoms with E-state index in [-0.39, 0.29) is 5.56 Å². The average Bonchev–Trinajstić information content (AvgIpc) is 2.48. The van der Waals surface area contributed by atoms with Gasteiger partial charge < -0.3 is 10.0 Å². The Balaban J connectivity index is 1.99. The van der Waals surface area contributed by atoms with E-state index in [4.69, 9.17) is 0 Å². The summed E-state index contributed by atoms with van der Waals surface area (Å²) in [4.78, 5) is 1.97. The average molecular weight is 291 g/mol. The van der Waals surface area contributed by atoms with Crippen molar-refractivity contribution in [3.63, 3.8) is 0 Å². The summed E-state index contributed by atoms with van der Waals surface area (Å²) in [5.74, 6) is -1.90. The highest BCUT2D eigenvalue weighted by molar-refractivity contribution is 5.46. The van der Waals surface area contributed by atoms with Crippen LogP contribution in [-0.2, 0) is 0 Å². The van der Waals surface area contributed by atoms with Crippen LogP contribution in [0.5, 0.6) is 0 Å². The van der Waals surface area contributed by atoms with Crippen LogP contribution < -0.4 is 4.90 Å². The second-order valence-electron chi connectivity index (χ2n) is 5.20. The number of rotatable bonds is 5. The summed E-state index contributed by atoms with van der Waals surface area (Å²) in [6.07, 6.45) is -0.696. The van der Waals surface area contributed by atoms with Crippen molar-refractivity contribution in [2.45, 2.75) is 19.4 Å². The van der Waals surface area contributed by atoms with Gasteiger partial charge in [0.2, 0.25) is 0 Å². The van der Waals surface area contributed by atoms with Crippen molar-refractivity contribution in [3.8, 4) is 0 Å². The van der Waals surface area contributed by atoms with Crippen LogP contribution >= 0.6 is 0 Å². The van der Waals surface area contributed by atoms with Crippen LogP contribution in [-0.4, -0.2) is 18.7 Å². The molecule has 0 saturated carbocycles. The first-order valence-corrected chi connectivity index (χ1v) is 6.89. The number of hydrogen-bond acceptors (Lipinski definition) is 2. The number of aliphatic hydroxyl groups is 1. The fraction of sp³-hybridized carbons (Fsp3) is 0.294. The van der Waals surface area contributed by atoms with Gasteiger partial charge in [-0.15, -0.1) is 0 Å². The molecule has 21 heavy (non-hydrogen) atoms. The Morgan fingerprint density at radius 2 is 1.76 bits per heavy atom. The van der Waals surface area contributed by atoms with E-state index in [0.29, 0.717) is 13.0 Å². The predicted molar refractivity (Wildman–Crippen MR) is 80.4 cm³/mol. The summed E-state index contributed by atoms with van der Waals surface area (Å²) in [5.41, 5.74) is 2.20. The molecule has 0 heterocycles. The monoisotopic (exact) mass is 291 g/mol. The van der Waals surface area contributed by atoms with Gasteiger partial charge >= 0.3 is 0 Å². The summed E-state index contributed by atoms with van der Waals surface area (Å²) in [6, 6.07) is 11.9. The van der Waals surface area contributed by atoms with E-state index in [0.717, 1.165) is 11.8 Å². The maximum absolute atomic E-state index is 13.6. The smallest absolute Gasteiger partial charge is 0.164 e. The molecule has 0 aliphatic rings. The van der Waals surface area contributed by atoms with Crippen LogP contribution in [0.3, 0.4) is 0 Å². The molecule has 0 aliphatic carbocycles. The largest absolute Gasteiger partial charge is 0.388 e. The molecular weight excluding hydrogens is 272 g/mol. The first kappa shape index (κ1) is 15.4. The van der Waals surface area contributed by atoms with Crippen molar-refractivity contribution in [1.82, 2.24) is 0 Å². The van der Waals surface area contributed by atoms with E-state index in [1.165, 1.54) is 17.7 Å². The van der Waals surface area contributed by atoms with Crippen molar-refractivity contribution in [2.24, 2.45) is 0 Å². The molecule has 0 aromatic heterocycles. The van der Waals surface area contributed by atoms with Crippen LogP contribution in [0.2, 0.25) is 0 Å². The molecule has 0 bridgehead atoms. The molecule has 1 unspecified atom stereocenters. The van der Waals surface area contributed by atoms with Gasteiger partial charge in [0.25, 0.3) is 0 Å². The zero-order chi connectivity index (χ0) is 15.4. The third-order valence-corrected chi connectivity index (χ3v) is 3.55. The zero-order valence-electron chi connectivity index (χ0n) is 12.2. The second kappa shape index (κ2) is 6.68. The van der Waals surface area contributed by atoms with Gasteiger partial charge in [-0.2, -0.15) is 0 Å². The standard InChI is InChI=1S/C17H19F2NO/c1-12-6-8-13(9-7-12)20(2)11-10-16(21)14-4-3-5-15(18)17(14)19/h3-9,16,21H,10-11H2,1-2H3. The van der Waals surface area contributed by atoms with Gasteiger partial charge in [-0.25, -0.2) is 8.78 Å². The summed E-state index contributed by atoms with van der Waals surface area (Å²) in [6.45, 7) is 2.56. The van der Waals surface area contributed by atoms with Crippen molar-refractivity contribution in [2.75, 3.05) is 18.5 Å². The molecule has 0 aliphatic heterocycles. The quantitative estimate of drug-likeness (QED) is 0.905. The number of aliphatic hydroxyl groups excluding tert-OH is 1. The van der Waals surface area contributed by atoms with E-state index in [1.54, 1.807) is 0 Å². The molecule has 112 valence electrons. The van der Waals surface area contributed by atoms with E-state index in [1.807, 2.05) is 43.1 Å². The molecule has 4 heteroatoms. The number of nitrogens with zero attached hydrogens (tertiary/aromatic N) is 1. The highest BCUT2D eigenvalue weighted by Crippen LogP contribution is 2.23. The number of halogens is 2. The second-order valence-corrected chi connectivity index (χ2v) is 5.20. The van der Waals surface area contributed by atoms with Crippen LogP contribution in [0, 0.1) is 18.6 Å². The Bertz CT molecular complexity index is 598. The normalized spacial score (nSPS) is 12.2. The Hall–Kier alpha value is -1.94. The number of anilines is 1. The molecule has 2 rings (SSSR count). The Kier molecular flexibility index (Phi) is 4.91. The van der Waals surface area contributed by atoms with Gasteiger partial charge in [-0.1, -0.05) is 29.8 Å². The molecule has 2 nitrogen and oxygen atoms in total. The van der Waals surface area contributed by atoms with Crippen molar-refractivity contribution in [1.29, 1.82) is 0 Å². The third-order valence-electron chi connectivity index (χ3n) is 3.55. The molecule has 1 atom stereocenters. The maximum atomic E-state index is 13.6. The van der Waals surface area contributed by atoms with E-state index < -0.39 is 17.7 Å². The summed E-state index contributed by atoms with van der Waals surface area (Å²) < 4.78 is 26.7. The van der Waals surface area contributed by atoms with Gasteiger partial charge in [0.1, 0.15) is 0 Å². The molecule has 0 amide bonds. The summed E-state index contributed by atoms with van der Waals surface area (Å²) in [5, 5.41) is 10.0. The zero-order valence-corrected chi connectivity index (χ0v) is 12.2. The Labute approximate surface area is 123 Å². The predicted octanol–water partition coefficient (Wildman–Crippen LogP) is 3.83. The SMILES string of the molecule is Cc1ccc(N(C)CCC(O)c2cccc(F)c2F)cc1. The highest BCUT2D eigenvalue weighted by atomic mass is 19.2. The van der Waals surface area contributed by atoms with E-state index >= 15 is 0 Å². The lowest BCUT2D eigenvalue weighted by Crippen LogP contribution is -2.20. The van der Waals surface area contributed by atoms with Crippen LogP contribution in [0.15, 0.2) is 42.5 Å². The van der Waals surface area contributed by atoms with E-state index in [2.05, 4.69) is 0 Å². The molecule has 1 N–H and O–H groups in total. The lowest BCUT2D eigenvalue weighted by Gasteiger charge is -2.21. The summed E-state index contributed by atoms with van der Waals surface area (Å²) >= 11 is 0. The van der Waals surface area contributed by atoms with Gasteiger partial charge in [0.15, 0.2) is 11.6 Å². The molecule has 0 spiro atoms. The third kappa shape index (κ3) is 3.79. The van der Waals surface area contributed by atoms with Crippen molar-refractivity contribution in [3.05, 3.63) is 65.2 Å². The number of benzene rings is 2. The Morgan fingerprint density at radius 1 is 1.10 bits per heavy atom. The topological polar surface area (TPSA) is 23.5 Å². The van der Waals surface area contributed by atoms with Crippen LogP contribution in [0.25, 0.3) is 0 Å². The Morgan fingerprint density at radius 3 is 2.43 bits per heavy atom. The highest BCUT2D eigenvalue weighted by Gasteiger charge is 2.16. The van der Waals surface area contributed by atoms with Gasteiger partial charge in [0.05, 0.1) is 6.10 Å². The minimum Gasteiger partial charge on any atom is -0.388 e. The molecule has 0 fully saturated rings. The lowest BCUT2D eigenvalue weighted by molar-refractivity contribution is 0.164. The molecule has 0 radical (unpaired) electrons. The number of aryl methyl sites for hydroxylation is 1. The minimum atomic E-state index is -1.02. The van der Waals surface area contributed by atoms with Crippen molar-refractivity contribution >= 4 is 5.69 Å². The molecule has 2 aromatic carbocycles. The van der Waals surface area contributed by atoms with E-state index in [9.17, 15) is 13.9 Å². The van der Waals surface area contributed by atoms with Gasteiger partial charge in [-0.3, -0.25) is 0 Å². The number of hydrogen-bond donors (Lipinski definition) is 1. The molecule has 2 aromatic rings. The minimum absolute atomic E-state index is 0.00676.